The monoisotopic (exact) mass is 336 g/mol. The number of para-hydroxylation sites is 1. The van der Waals surface area contributed by atoms with Gasteiger partial charge < -0.3 is 9.64 Å². The first-order valence-corrected chi connectivity index (χ1v) is 8.62. The van der Waals surface area contributed by atoms with E-state index >= 15 is 0 Å². The van der Waals surface area contributed by atoms with E-state index in [4.69, 9.17) is 4.74 Å². The fourth-order valence-corrected chi connectivity index (χ4v) is 3.10. The molecule has 0 radical (unpaired) electrons. The molecule has 130 valence electrons. The Labute approximate surface area is 149 Å². The number of piperazine rings is 1. The van der Waals surface area contributed by atoms with Crippen LogP contribution in [0.25, 0.3) is 0 Å². The average molecular weight is 336 g/mol. The van der Waals surface area contributed by atoms with Crippen LogP contribution in [-0.2, 0) is 6.54 Å². The SMILES string of the molecule is Cc1cc(C)c(C#N)c(Oc2ccccc2CN2CCN(C)CC2)n1. The molecule has 5 heteroatoms. The van der Waals surface area contributed by atoms with Crippen molar-refractivity contribution in [1.29, 1.82) is 5.26 Å². The quantitative estimate of drug-likeness (QED) is 0.859. The van der Waals surface area contributed by atoms with Gasteiger partial charge in [-0.3, -0.25) is 4.90 Å². The summed E-state index contributed by atoms with van der Waals surface area (Å²) in [6.07, 6.45) is 0. The Morgan fingerprint density at radius 3 is 2.60 bits per heavy atom. The highest BCUT2D eigenvalue weighted by Gasteiger charge is 2.17. The van der Waals surface area contributed by atoms with Gasteiger partial charge in [0, 0.05) is 44.0 Å². The van der Waals surface area contributed by atoms with Gasteiger partial charge in [0.05, 0.1) is 0 Å². The molecule has 0 amide bonds. The van der Waals surface area contributed by atoms with E-state index in [2.05, 4.69) is 34.0 Å². The summed E-state index contributed by atoms with van der Waals surface area (Å²) in [6, 6.07) is 12.1. The van der Waals surface area contributed by atoms with Crippen LogP contribution in [0.15, 0.2) is 30.3 Å². The number of nitriles is 1. The summed E-state index contributed by atoms with van der Waals surface area (Å²) in [5.74, 6) is 1.17. The molecule has 25 heavy (non-hydrogen) atoms. The smallest absolute Gasteiger partial charge is 0.237 e. The Balaban J connectivity index is 1.84. The Morgan fingerprint density at radius 2 is 1.88 bits per heavy atom. The molecule has 3 rings (SSSR count). The van der Waals surface area contributed by atoms with Crippen LogP contribution in [0.3, 0.4) is 0 Å². The van der Waals surface area contributed by atoms with Gasteiger partial charge in [0.25, 0.3) is 0 Å². The first kappa shape index (κ1) is 17.4. The fourth-order valence-electron chi connectivity index (χ4n) is 3.10. The second kappa shape index (κ2) is 7.64. The van der Waals surface area contributed by atoms with Crippen molar-refractivity contribution in [2.75, 3.05) is 33.2 Å². The van der Waals surface area contributed by atoms with E-state index in [0.717, 1.165) is 55.3 Å². The van der Waals surface area contributed by atoms with Crippen molar-refractivity contribution in [2.24, 2.45) is 0 Å². The molecule has 2 aromatic rings. The maximum atomic E-state index is 9.44. The normalized spacial score (nSPS) is 15.8. The molecule has 0 unspecified atom stereocenters. The zero-order valence-electron chi connectivity index (χ0n) is 15.1. The second-order valence-corrected chi connectivity index (χ2v) is 6.66. The van der Waals surface area contributed by atoms with Gasteiger partial charge in [-0.1, -0.05) is 18.2 Å². The van der Waals surface area contributed by atoms with Gasteiger partial charge in [0.1, 0.15) is 17.4 Å². The van der Waals surface area contributed by atoms with E-state index < -0.39 is 0 Å². The van der Waals surface area contributed by atoms with E-state index in [9.17, 15) is 5.26 Å². The number of likely N-dealkylation sites (N-methyl/N-ethyl adjacent to an activating group) is 1. The Hall–Kier alpha value is -2.42. The molecule has 1 aromatic heterocycles. The standard InChI is InChI=1S/C20H24N4O/c1-15-12-16(2)22-20(18(15)13-21)25-19-7-5-4-6-17(19)14-24-10-8-23(3)9-11-24/h4-7,12H,8-11,14H2,1-3H3. The minimum Gasteiger partial charge on any atom is -0.437 e. The molecule has 1 aliphatic rings. The van der Waals surface area contributed by atoms with Gasteiger partial charge in [-0.15, -0.1) is 0 Å². The van der Waals surface area contributed by atoms with Gasteiger partial charge in [-0.25, -0.2) is 4.98 Å². The maximum Gasteiger partial charge on any atom is 0.237 e. The third-order valence-electron chi connectivity index (χ3n) is 4.59. The molecule has 0 N–H and O–H groups in total. The summed E-state index contributed by atoms with van der Waals surface area (Å²) in [4.78, 5) is 9.21. The zero-order chi connectivity index (χ0) is 17.8. The van der Waals surface area contributed by atoms with Gasteiger partial charge in [0.15, 0.2) is 0 Å². The van der Waals surface area contributed by atoms with Crippen molar-refractivity contribution in [3.63, 3.8) is 0 Å². The minimum absolute atomic E-state index is 0.394. The van der Waals surface area contributed by atoms with Crippen LogP contribution in [0.2, 0.25) is 0 Å². The first-order valence-electron chi connectivity index (χ1n) is 8.62. The van der Waals surface area contributed by atoms with E-state index in [1.54, 1.807) is 0 Å². The molecule has 0 saturated carbocycles. The lowest BCUT2D eigenvalue weighted by Crippen LogP contribution is -2.43. The van der Waals surface area contributed by atoms with Crippen LogP contribution in [0.1, 0.15) is 22.4 Å². The second-order valence-electron chi connectivity index (χ2n) is 6.66. The Bertz CT molecular complexity index is 789. The number of ether oxygens (including phenoxy) is 1. The van der Waals surface area contributed by atoms with Crippen molar-refractivity contribution in [3.05, 3.63) is 52.7 Å². The van der Waals surface area contributed by atoms with E-state index in [1.165, 1.54) is 0 Å². The molecule has 0 atom stereocenters. The average Bonchev–Trinajstić information content (AvgIpc) is 2.58. The summed E-state index contributed by atoms with van der Waals surface area (Å²) < 4.78 is 6.09. The van der Waals surface area contributed by atoms with E-state index in [0.29, 0.717) is 11.4 Å². The Kier molecular flexibility index (Phi) is 5.32. The predicted molar refractivity (Wildman–Crippen MR) is 97.7 cm³/mol. The molecule has 1 aliphatic heterocycles. The van der Waals surface area contributed by atoms with Crippen LogP contribution in [0, 0.1) is 25.2 Å². The number of hydrogen-bond acceptors (Lipinski definition) is 5. The van der Waals surface area contributed by atoms with Gasteiger partial charge in [-0.2, -0.15) is 5.26 Å². The molecule has 1 fully saturated rings. The number of hydrogen-bond donors (Lipinski definition) is 0. The highest BCUT2D eigenvalue weighted by atomic mass is 16.5. The van der Waals surface area contributed by atoms with E-state index in [-0.39, 0.29) is 0 Å². The molecule has 0 bridgehead atoms. The molecule has 0 spiro atoms. The lowest BCUT2D eigenvalue weighted by Gasteiger charge is -2.32. The fraction of sp³-hybridized carbons (Fsp3) is 0.400. The summed E-state index contributed by atoms with van der Waals surface area (Å²) >= 11 is 0. The maximum absolute atomic E-state index is 9.44. The largest absolute Gasteiger partial charge is 0.437 e. The van der Waals surface area contributed by atoms with Crippen LogP contribution < -0.4 is 4.74 Å². The van der Waals surface area contributed by atoms with Gasteiger partial charge in [0.2, 0.25) is 5.88 Å². The Morgan fingerprint density at radius 1 is 1.16 bits per heavy atom. The number of aromatic nitrogens is 1. The van der Waals surface area contributed by atoms with Gasteiger partial charge >= 0.3 is 0 Å². The summed E-state index contributed by atoms with van der Waals surface area (Å²) in [7, 11) is 2.16. The van der Waals surface area contributed by atoms with Crippen LogP contribution in [-0.4, -0.2) is 48.0 Å². The topological polar surface area (TPSA) is 52.4 Å². The number of aryl methyl sites for hydroxylation is 2. The van der Waals surface area contributed by atoms with Crippen LogP contribution >= 0.6 is 0 Å². The third-order valence-corrected chi connectivity index (χ3v) is 4.59. The van der Waals surface area contributed by atoms with E-state index in [1.807, 2.05) is 38.1 Å². The van der Waals surface area contributed by atoms with Crippen LogP contribution in [0.4, 0.5) is 0 Å². The lowest BCUT2D eigenvalue weighted by molar-refractivity contribution is 0.147. The molecular formula is C20H24N4O. The first-order chi connectivity index (χ1) is 12.1. The van der Waals surface area contributed by atoms with Crippen molar-refractivity contribution in [1.82, 2.24) is 14.8 Å². The third kappa shape index (κ3) is 4.16. The van der Waals surface area contributed by atoms with Crippen molar-refractivity contribution >= 4 is 0 Å². The van der Waals surface area contributed by atoms with Gasteiger partial charge in [-0.05, 0) is 38.6 Å². The lowest BCUT2D eigenvalue weighted by atomic mass is 10.1. The number of nitrogens with zero attached hydrogens (tertiary/aromatic N) is 4. The molecule has 0 aliphatic carbocycles. The molecule has 1 saturated heterocycles. The summed E-state index contributed by atoms with van der Waals surface area (Å²) in [5.41, 5.74) is 3.36. The summed E-state index contributed by atoms with van der Waals surface area (Å²) in [6.45, 7) is 8.94. The molecule has 5 nitrogen and oxygen atoms in total. The van der Waals surface area contributed by atoms with Crippen molar-refractivity contribution in [3.8, 4) is 17.7 Å². The number of rotatable bonds is 4. The molecule has 2 heterocycles. The number of benzene rings is 1. The molecule has 1 aromatic carbocycles. The minimum atomic E-state index is 0.394. The number of pyridine rings is 1. The van der Waals surface area contributed by atoms with Crippen molar-refractivity contribution in [2.45, 2.75) is 20.4 Å². The predicted octanol–water partition coefficient (Wildman–Crippen LogP) is 3.11. The summed E-state index contributed by atoms with van der Waals surface area (Å²) in [5, 5.41) is 9.44. The molecular weight excluding hydrogens is 312 g/mol. The van der Waals surface area contributed by atoms with Crippen LogP contribution in [0.5, 0.6) is 11.6 Å². The highest BCUT2D eigenvalue weighted by molar-refractivity contribution is 5.47. The highest BCUT2D eigenvalue weighted by Crippen LogP contribution is 2.29. The van der Waals surface area contributed by atoms with Crippen molar-refractivity contribution < 1.29 is 4.74 Å². The zero-order valence-corrected chi connectivity index (χ0v) is 15.1.